The molecule has 168 valence electrons. The van der Waals surface area contributed by atoms with Crippen molar-refractivity contribution >= 4 is 87.3 Å². The summed E-state index contributed by atoms with van der Waals surface area (Å²) in [6.45, 7) is 1.63. The second-order valence-corrected chi connectivity index (χ2v) is 11.0. The van der Waals surface area contributed by atoms with Crippen LogP contribution in [-0.4, -0.2) is 31.0 Å². The van der Waals surface area contributed by atoms with Gasteiger partial charge in [-0.2, -0.15) is 0 Å². The number of benzene rings is 2. The molecule has 0 aliphatic carbocycles. The lowest BCUT2D eigenvalue weighted by Gasteiger charge is -2.13. The number of amides is 1. The molecule has 3 rings (SSSR count). The molecule has 0 saturated carbocycles. The van der Waals surface area contributed by atoms with Crippen LogP contribution in [0.15, 0.2) is 61.8 Å². The Morgan fingerprint density at radius 3 is 2.56 bits per heavy atom. The second-order valence-electron chi connectivity index (χ2n) is 6.29. The molecule has 0 aliphatic rings. The Morgan fingerprint density at radius 2 is 1.94 bits per heavy atom. The van der Waals surface area contributed by atoms with Gasteiger partial charge in [-0.1, -0.05) is 15.9 Å². The van der Waals surface area contributed by atoms with E-state index in [9.17, 15) is 13.2 Å². The maximum absolute atomic E-state index is 12.4. The number of carbonyl (C=O) groups is 1. The molecule has 0 saturated heterocycles. The van der Waals surface area contributed by atoms with E-state index in [4.69, 9.17) is 17.0 Å². The molecule has 0 aliphatic heterocycles. The van der Waals surface area contributed by atoms with Gasteiger partial charge in [0.05, 0.1) is 9.37 Å². The van der Waals surface area contributed by atoms with E-state index in [1.807, 2.05) is 19.1 Å². The van der Waals surface area contributed by atoms with Gasteiger partial charge in [-0.25, -0.2) is 13.4 Å². The number of aryl methyl sites for hydroxylation is 1. The summed E-state index contributed by atoms with van der Waals surface area (Å²) in [5.74, 6) is 0.119. The van der Waals surface area contributed by atoms with E-state index in [2.05, 4.69) is 52.2 Å². The highest BCUT2D eigenvalue weighted by atomic mass is 79.9. The van der Waals surface area contributed by atoms with Gasteiger partial charge in [0.2, 0.25) is 0 Å². The average molecular weight is 620 g/mol. The summed E-state index contributed by atoms with van der Waals surface area (Å²) < 4.78 is 34.3. The number of ether oxygens (including phenoxy) is 1. The van der Waals surface area contributed by atoms with Crippen molar-refractivity contribution in [2.24, 2.45) is 0 Å². The number of carbonyl (C=O) groups excluding carboxylic acids is 1. The predicted molar refractivity (Wildman–Crippen MR) is 136 cm³/mol. The van der Waals surface area contributed by atoms with Crippen LogP contribution in [0.3, 0.4) is 0 Å². The minimum Gasteiger partial charge on any atom is -0.482 e. The van der Waals surface area contributed by atoms with Gasteiger partial charge in [-0.15, -0.1) is 11.3 Å². The van der Waals surface area contributed by atoms with Crippen molar-refractivity contribution in [2.75, 3.05) is 16.6 Å². The number of halogens is 2. The molecule has 13 heteroatoms. The third kappa shape index (κ3) is 6.72. The number of anilines is 2. The molecular formula is C19H16Br2N4O4S3. The van der Waals surface area contributed by atoms with Crippen molar-refractivity contribution in [1.29, 1.82) is 0 Å². The smallest absolute Gasteiger partial charge is 0.264 e. The van der Waals surface area contributed by atoms with Crippen LogP contribution in [0, 0.1) is 6.92 Å². The second kappa shape index (κ2) is 10.7. The Balaban J connectivity index is 1.53. The van der Waals surface area contributed by atoms with Gasteiger partial charge in [0.15, 0.2) is 16.9 Å². The molecule has 1 heterocycles. The molecule has 1 aromatic heterocycles. The van der Waals surface area contributed by atoms with E-state index in [1.165, 1.54) is 41.8 Å². The molecule has 2 aromatic carbocycles. The quantitative estimate of drug-likeness (QED) is 0.330. The lowest BCUT2D eigenvalue weighted by Crippen LogP contribution is -2.37. The molecule has 3 N–H and O–H groups in total. The number of rotatable bonds is 7. The summed E-state index contributed by atoms with van der Waals surface area (Å²) in [6, 6.07) is 9.60. The van der Waals surface area contributed by atoms with Crippen LogP contribution in [0.4, 0.5) is 10.8 Å². The molecule has 8 nitrogen and oxygen atoms in total. The minimum absolute atomic E-state index is 0.0571. The third-order valence-electron chi connectivity index (χ3n) is 3.87. The fraction of sp³-hybridized carbons (Fsp3) is 0.105. The highest BCUT2D eigenvalue weighted by Crippen LogP contribution is 2.32. The summed E-state index contributed by atoms with van der Waals surface area (Å²) in [5.41, 5.74) is 1.37. The van der Waals surface area contributed by atoms with Gasteiger partial charge in [-0.05, 0) is 77.0 Å². The molecule has 0 bridgehead atoms. The first kappa shape index (κ1) is 24.6. The van der Waals surface area contributed by atoms with Crippen molar-refractivity contribution in [1.82, 2.24) is 10.3 Å². The van der Waals surface area contributed by atoms with Crippen LogP contribution in [0.25, 0.3) is 0 Å². The number of hydrogen-bond donors (Lipinski definition) is 3. The van der Waals surface area contributed by atoms with Crippen molar-refractivity contribution < 1.29 is 17.9 Å². The van der Waals surface area contributed by atoms with Crippen molar-refractivity contribution in [3.63, 3.8) is 0 Å². The summed E-state index contributed by atoms with van der Waals surface area (Å²) in [5, 5.41) is 7.36. The number of nitrogens with one attached hydrogen (secondary N) is 3. The standard InChI is InChI=1S/C19H16Br2N4O4S3/c1-11-8-12(20)9-15(21)17(11)29-10-16(26)24-18(30)23-13-2-4-14(5-3-13)32(27,28)25-19-22-6-7-31-19/h2-9H,10H2,1H3,(H,22,25)(H2,23,24,26,30). The van der Waals surface area contributed by atoms with Crippen LogP contribution in [0.2, 0.25) is 0 Å². The van der Waals surface area contributed by atoms with Gasteiger partial charge in [-0.3, -0.25) is 14.8 Å². The first-order valence-electron chi connectivity index (χ1n) is 8.86. The molecule has 0 fully saturated rings. The fourth-order valence-corrected chi connectivity index (χ4v) is 6.07. The summed E-state index contributed by atoms with van der Waals surface area (Å²) in [4.78, 5) is 16.1. The maximum Gasteiger partial charge on any atom is 0.264 e. The first-order valence-corrected chi connectivity index (χ1v) is 13.2. The SMILES string of the molecule is Cc1cc(Br)cc(Br)c1OCC(=O)NC(=S)Nc1ccc(S(=O)(=O)Nc2nccs2)cc1. The van der Waals surface area contributed by atoms with Crippen LogP contribution >= 0.6 is 55.4 Å². The van der Waals surface area contributed by atoms with Gasteiger partial charge in [0.1, 0.15) is 5.75 Å². The summed E-state index contributed by atoms with van der Waals surface area (Å²) >= 11 is 13.1. The zero-order valence-corrected chi connectivity index (χ0v) is 22.0. The fourth-order valence-electron chi connectivity index (χ4n) is 2.50. The number of thiocarbonyl (C=S) groups is 1. The van der Waals surface area contributed by atoms with Crippen LogP contribution in [0.5, 0.6) is 5.75 Å². The van der Waals surface area contributed by atoms with E-state index in [-0.39, 0.29) is 21.7 Å². The van der Waals surface area contributed by atoms with Gasteiger partial charge in [0, 0.05) is 21.7 Å². The van der Waals surface area contributed by atoms with Gasteiger partial charge >= 0.3 is 0 Å². The normalized spacial score (nSPS) is 11.0. The topological polar surface area (TPSA) is 109 Å². The van der Waals surface area contributed by atoms with Crippen LogP contribution < -0.4 is 20.1 Å². The number of aromatic nitrogens is 1. The minimum atomic E-state index is -3.75. The number of hydrogen-bond acceptors (Lipinski definition) is 7. The molecule has 0 atom stereocenters. The van der Waals surface area contributed by atoms with E-state index >= 15 is 0 Å². The van der Waals surface area contributed by atoms with Crippen molar-refractivity contribution in [2.45, 2.75) is 11.8 Å². The molecule has 0 radical (unpaired) electrons. The average Bonchev–Trinajstić information content (AvgIpc) is 3.19. The van der Waals surface area contributed by atoms with Crippen LogP contribution in [-0.2, 0) is 14.8 Å². The predicted octanol–water partition coefficient (Wildman–Crippen LogP) is 4.67. The Kier molecular flexibility index (Phi) is 8.22. The Hall–Kier alpha value is -2.06. The van der Waals surface area contributed by atoms with E-state index in [0.29, 0.717) is 11.4 Å². The van der Waals surface area contributed by atoms with Gasteiger partial charge in [0.25, 0.3) is 15.9 Å². The molecule has 0 unspecified atom stereocenters. The summed E-state index contributed by atoms with van der Waals surface area (Å²) in [6.07, 6.45) is 1.51. The van der Waals surface area contributed by atoms with E-state index in [1.54, 1.807) is 5.38 Å². The van der Waals surface area contributed by atoms with Crippen molar-refractivity contribution in [3.05, 3.63) is 62.5 Å². The lowest BCUT2D eigenvalue weighted by atomic mass is 10.2. The zero-order valence-electron chi connectivity index (χ0n) is 16.4. The number of nitrogens with zero attached hydrogens (tertiary/aromatic N) is 1. The first-order chi connectivity index (χ1) is 15.1. The molecule has 0 spiro atoms. The summed E-state index contributed by atoms with van der Waals surface area (Å²) in [7, 11) is -3.75. The highest BCUT2D eigenvalue weighted by Gasteiger charge is 2.16. The molecule has 32 heavy (non-hydrogen) atoms. The zero-order chi connectivity index (χ0) is 23.3. The van der Waals surface area contributed by atoms with E-state index < -0.39 is 15.9 Å². The number of sulfonamides is 1. The maximum atomic E-state index is 12.4. The third-order valence-corrected chi connectivity index (χ3v) is 7.29. The lowest BCUT2D eigenvalue weighted by molar-refractivity contribution is -0.121. The highest BCUT2D eigenvalue weighted by molar-refractivity contribution is 9.11. The molecule has 3 aromatic rings. The van der Waals surface area contributed by atoms with Crippen molar-refractivity contribution in [3.8, 4) is 5.75 Å². The Morgan fingerprint density at radius 1 is 1.22 bits per heavy atom. The van der Waals surface area contributed by atoms with Gasteiger partial charge < -0.3 is 10.1 Å². The largest absolute Gasteiger partial charge is 0.482 e. The molecule has 1 amide bonds. The molecular weight excluding hydrogens is 604 g/mol. The Bertz CT molecular complexity index is 1210. The van der Waals surface area contributed by atoms with Crippen LogP contribution in [0.1, 0.15) is 5.56 Å². The Labute approximate surface area is 211 Å². The van der Waals surface area contributed by atoms with E-state index in [0.717, 1.165) is 14.5 Å². The monoisotopic (exact) mass is 618 g/mol. The number of thiazole rings is 1.